The molecule has 19 heavy (non-hydrogen) atoms. The zero-order valence-electron chi connectivity index (χ0n) is 11.0. The second-order valence-corrected chi connectivity index (χ2v) is 7.75. The molecule has 0 radical (unpaired) electrons. The summed E-state index contributed by atoms with van der Waals surface area (Å²) in [6, 6.07) is -0.245. The monoisotopic (exact) mass is 290 g/mol. The Morgan fingerprint density at radius 1 is 1.37 bits per heavy atom. The molecule has 3 atom stereocenters. The van der Waals surface area contributed by atoms with Crippen LogP contribution in [0.1, 0.15) is 25.7 Å². The fraction of sp³-hybridized carbons (Fsp3) is 0.917. The average molecular weight is 290 g/mol. The molecule has 2 fully saturated rings. The number of amides is 1. The zero-order valence-corrected chi connectivity index (χ0v) is 11.8. The van der Waals surface area contributed by atoms with Gasteiger partial charge < -0.3 is 15.7 Å². The summed E-state index contributed by atoms with van der Waals surface area (Å²) in [6.07, 6.45) is 3.05. The van der Waals surface area contributed by atoms with Crippen LogP contribution in [0.3, 0.4) is 0 Å². The molecule has 1 amide bonds. The first-order valence-corrected chi connectivity index (χ1v) is 8.66. The summed E-state index contributed by atoms with van der Waals surface area (Å²) < 4.78 is 23.0. The highest BCUT2D eigenvalue weighted by molar-refractivity contribution is 7.91. The lowest BCUT2D eigenvalue weighted by molar-refractivity contribution is -0.122. The Labute approximate surface area is 113 Å². The zero-order chi connectivity index (χ0) is 13.9. The Bertz CT molecular complexity index is 423. The Balaban J connectivity index is 1.81. The molecule has 0 aromatic carbocycles. The molecule has 6 nitrogen and oxygen atoms in total. The number of carbonyl (C=O) groups excluding carboxylic acids is 1. The van der Waals surface area contributed by atoms with Gasteiger partial charge in [0, 0.05) is 37.6 Å². The lowest BCUT2D eigenvalue weighted by atomic mass is 10.0. The minimum Gasteiger partial charge on any atom is -0.396 e. The molecule has 3 unspecified atom stereocenters. The second kappa shape index (κ2) is 6.19. The van der Waals surface area contributed by atoms with Crippen LogP contribution < -0.4 is 10.6 Å². The highest BCUT2D eigenvalue weighted by Gasteiger charge is 2.30. The van der Waals surface area contributed by atoms with Crippen molar-refractivity contribution in [1.82, 2.24) is 10.6 Å². The molecule has 2 rings (SSSR count). The van der Waals surface area contributed by atoms with Crippen molar-refractivity contribution >= 4 is 15.7 Å². The molecule has 0 spiro atoms. The van der Waals surface area contributed by atoms with Crippen molar-refractivity contribution in [2.45, 2.75) is 37.8 Å². The van der Waals surface area contributed by atoms with Crippen molar-refractivity contribution in [3.05, 3.63) is 0 Å². The fourth-order valence-electron chi connectivity index (χ4n) is 2.93. The van der Waals surface area contributed by atoms with Crippen LogP contribution in [-0.2, 0) is 14.6 Å². The summed E-state index contributed by atoms with van der Waals surface area (Å²) in [6.45, 7) is 0.518. The summed E-state index contributed by atoms with van der Waals surface area (Å²) >= 11 is 0. The molecule has 1 aliphatic heterocycles. The van der Waals surface area contributed by atoms with Crippen LogP contribution in [0.25, 0.3) is 0 Å². The molecule has 1 heterocycles. The minimum atomic E-state index is -3.00. The van der Waals surface area contributed by atoms with Gasteiger partial charge in [0.05, 0.1) is 11.5 Å². The quantitative estimate of drug-likeness (QED) is 0.620. The third-order valence-electron chi connectivity index (χ3n) is 3.97. The first-order valence-electron chi connectivity index (χ1n) is 6.84. The van der Waals surface area contributed by atoms with Gasteiger partial charge in [0.15, 0.2) is 9.84 Å². The van der Waals surface area contributed by atoms with Crippen molar-refractivity contribution in [3.8, 4) is 0 Å². The van der Waals surface area contributed by atoms with Crippen molar-refractivity contribution in [3.63, 3.8) is 0 Å². The van der Waals surface area contributed by atoms with E-state index in [0.29, 0.717) is 6.54 Å². The van der Waals surface area contributed by atoms with E-state index in [-0.39, 0.29) is 48.4 Å². The molecule has 2 aliphatic rings. The van der Waals surface area contributed by atoms with Gasteiger partial charge in [-0.1, -0.05) is 6.42 Å². The maximum Gasteiger partial charge on any atom is 0.221 e. The lowest BCUT2D eigenvalue weighted by Crippen LogP contribution is -2.48. The van der Waals surface area contributed by atoms with Gasteiger partial charge in [-0.25, -0.2) is 8.42 Å². The van der Waals surface area contributed by atoms with Gasteiger partial charge in [-0.2, -0.15) is 0 Å². The summed E-state index contributed by atoms with van der Waals surface area (Å²) in [5, 5.41) is 15.2. The molecule has 0 aromatic rings. The molecule has 110 valence electrons. The number of carbonyl (C=O) groups is 1. The topological polar surface area (TPSA) is 95.5 Å². The smallest absolute Gasteiger partial charge is 0.221 e. The van der Waals surface area contributed by atoms with E-state index in [1.54, 1.807) is 0 Å². The standard InChI is InChI=1S/C12H22N2O4S/c15-7-9-2-1-3-11(9)14-12(16)6-10-8-19(17,18)5-4-13-10/h9-11,13,15H,1-8H2,(H,14,16). The van der Waals surface area contributed by atoms with Gasteiger partial charge in [-0.05, 0) is 12.8 Å². The third kappa shape index (κ3) is 4.15. The number of aliphatic hydroxyl groups excluding tert-OH is 1. The van der Waals surface area contributed by atoms with E-state index in [2.05, 4.69) is 10.6 Å². The number of rotatable bonds is 4. The first-order chi connectivity index (χ1) is 9.00. The molecular weight excluding hydrogens is 268 g/mol. The molecule has 1 saturated carbocycles. The largest absolute Gasteiger partial charge is 0.396 e. The van der Waals surface area contributed by atoms with Crippen LogP contribution in [0.5, 0.6) is 0 Å². The van der Waals surface area contributed by atoms with Gasteiger partial charge in [-0.15, -0.1) is 0 Å². The molecule has 0 aromatic heterocycles. The van der Waals surface area contributed by atoms with E-state index in [0.717, 1.165) is 19.3 Å². The highest BCUT2D eigenvalue weighted by atomic mass is 32.2. The summed E-state index contributed by atoms with van der Waals surface area (Å²) in [5.74, 6) is 0.210. The predicted octanol–water partition coefficient (Wildman–Crippen LogP) is -0.960. The molecule has 7 heteroatoms. The normalized spacial score (nSPS) is 34.1. The van der Waals surface area contributed by atoms with Crippen LogP contribution in [-0.4, -0.2) is 56.2 Å². The Kier molecular flexibility index (Phi) is 4.81. The maximum absolute atomic E-state index is 11.9. The number of nitrogens with one attached hydrogen (secondary N) is 2. The molecule has 0 bridgehead atoms. The van der Waals surface area contributed by atoms with E-state index in [9.17, 15) is 18.3 Å². The van der Waals surface area contributed by atoms with Crippen molar-refractivity contribution < 1.29 is 18.3 Å². The summed E-state index contributed by atoms with van der Waals surface area (Å²) in [7, 11) is -3.00. The van der Waals surface area contributed by atoms with E-state index in [1.807, 2.05) is 0 Å². The molecule has 1 aliphatic carbocycles. The predicted molar refractivity (Wildman–Crippen MR) is 71.4 cm³/mol. The molecular formula is C12H22N2O4S. The van der Waals surface area contributed by atoms with Crippen LogP contribution in [0.2, 0.25) is 0 Å². The van der Waals surface area contributed by atoms with Gasteiger partial charge in [0.1, 0.15) is 0 Å². The minimum absolute atomic E-state index is 0.0362. The van der Waals surface area contributed by atoms with Crippen LogP contribution in [0.15, 0.2) is 0 Å². The van der Waals surface area contributed by atoms with Crippen molar-refractivity contribution in [2.75, 3.05) is 24.7 Å². The Morgan fingerprint density at radius 2 is 2.16 bits per heavy atom. The van der Waals surface area contributed by atoms with Gasteiger partial charge in [0.2, 0.25) is 5.91 Å². The van der Waals surface area contributed by atoms with E-state index < -0.39 is 9.84 Å². The van der Waals surface area contributed by atoms with Gasteiger partial charge in [0.25, 0.3) is 0 Å². The molecule has 3 N–H and O–H groups in total. The number of hydrogen-bond donors (Lipinski definition) is 3. The maximum atomic E-state index is 11.9. The summed E-state index contributed by atoms with van der Waals surface area (Å²) in [4.78, 5) is 11.9. The van der Waals surface area contributed by atoms with Gasteiger partial charge >= 0.3 is 0 Å². The lowest BCUT2D eigenvalue weighted by Gasteiger charge is -2.25. The highest BCUT2D eigenvalue weighted by Crippen LogP contribution is 2.25. The first kappa shape index (κ1) is 14.7. The van der Waals surface area contributed by atoms with Gasteiger partial charge in [-0.3, -0.25) is 4.79 Å². The number of sulfone groups is 1. The van der Waals surface area contributed by atoms with E-state index in [1.165, 1.54) is 0 Å². The molecule has 1 saturated heterocycles. The summed E-state index contributed by atoms with van der Waals surface area (Å²) in [5.41, 5.74) is 0. The SMILES string of the molecule is O=C(CC1CS(=O)(=O)CCN1)NC1CCCC1CO. The fourth-order valence-corrected chi connectivity index (χ4v) is 4.38. The van der Waals surface area contributed by atoms with Crippen molar-refractivity contribution in [2.24, 2.45) is 5.92 Å². The number of hydrogen-bond acceptors (Lipinski definition) is 5. The van der Waals surface area contributed by atoms with Crippen molar-refractivity contribution in [1.29, 1.82) is 0 Å². The van der Waals surface area contributed by atoms with E-state index >= 15 is 0 Å². The Morgan fingerprint density at radius 3 is 2.84 bits per heavy atom. The van der Waals surface area contributed by atoms with E-state index in [4.69, 9.17) is 0 Å². The van der Waals surface area contributed by atoms with Crippen LogP contribution >= 0.6 is 0 Å². The average Bonchev–Trinajstić information content (AvgIpc) is 2.74. The van der Waals surface area contributed by atoms with Crippen LogP contribution in [0, 0.1) is 5.92 Å². The third-order valence-corrected chi connectivity index (χ3v) is 5.71. The second-order valence-electron chi connectivity index (χ2n) is 5.52. The number of aliphatic hydroxyl groups is 1. The van der Waals surface area contributed by atoms with Crippen LogP contribution in [0.4, 0.5) is 0 Å². The Hall–Kier alpha value is -0.660.